The highest BCUT2D eigenvalue weighted by Crippen LogP contribution is 2.26. The van der Waals surface area contributed by atoms with Crippen LogP contribution in [0.25, 0.3) is 0 Å². The van der Waals surface area contributed by atoms with Crippen molar-refractivity contribution in [3.63, 3.8) is 0 Å². The largest absolute Gasteiger partial charge is 0.497 e. The summed E-state index contributed by atoms with van der Waals surface area (Å²) < 4.78 is 10.8. The smallest absolute Gasteiger partial charge is 0.319 e. The Morgan fingerprint density at radius 2 is 1.63 bits per heavy atom. The molecular formula is C22H34N4O4. The van der Waals surface area contributed by atoms with E-state index in [0.29, 0.717) is 13.1 Å². The van der Waals surface area contributed by atoms with Crippen LogP contribution in [0, 0.1) is 5.92 Å². The molecule has 1 aromatic rings. The number of amides is 3. The number of urea groups is 1. The van der Waals surface area contributed by atoms with E-state index in [2.05, 4.69) is 4.90 Å². The first-order valence-corrected chi connectivity index (χ1v) is 10.6. The third-order valence-electron chi connectivity index (χ3n) is 6.06. The van der Waals surface area contributed by atoms with Gasteiger partial charge in [-0.3, -0.25) is 9.69 Å². The molecule has 2 saturated heterocycles. The quantitative estimate of drug-likeness (QED) is 0.729. The molecule has 0 radical (unpaired) electrons. The van der Waals surface area contributed by atoms with E-state index >= 15 is 0 Å². The molecule has 2 aliphatic rings. The van der Waals surface area contributed by atoms with Crippen LogP contribution >= 0.6 is 0 Å². The van der Waals surface area contributed by atoms with Crippen molar-refractivity contribution < 1.29 is 19.1 Å². The van der Waals surface area contributed by atoms with Gasteiger partial charge in [0.05, 0.1) is 14.2 Å². The third-order valence-corrected chi connectivity index (χ3v) is 6.06. The van der Waals surface area contributed by atoms with Crippen molar-refractivity contribution in [3.8, 4) is 11.5 Å². The zero-order chi connectivity index (χ0) is 21.7. The van der Waals surface area contributed by atoms with Gasteiger partial charge < -0.3 is 24.2 Å². The summed E-state index contributed by atoms with van der Waals surface area (Å²) in [5.74, 6) is 1.94. The SMILES string of the molecule is COc1ccc(OC)c(CN2CCN(C(=O)C3CCN(C(=O)N(C)C)CC3)CC2)c1. The van der Waals surface area contributed by atoms with Crippen molar-refractivity contribution in [2.24, 2.45) is 5.92 Å². The molecule has 8 heteroatoms. The number of carbonyl (C=O) groups excluding carboxylic acids is 2. The Balaban J connectivity index is 1.49. The molecule has 1 aromatic carbocycles. The average Bonchev–Trinajstić information content (AvgIpc) is 2.78. The highest BCUT2D eigenvalue weighted by Gasteiger charge is 2.32. The van der Waals surface area contributed by atoms with Crippen molar-refractivity contribution >= 4 is 11.9 Å². The highest BCUT2D eigenvalue weighted by atomic mass is 16.5. The van der Waals surface area contributed by atoms with E-state index in [0.717, 1.165) is 62.6 Å². The minimum Gasteiger partial charge on any atom is -0.497 e. The van der Waals surface area contributed by atoms with Gasteiger partial charge in [-0.05, 0) is 31.0 Å². The summed E-state index contributed by atoms with van der Waals surface area (Å²) in [6.07, 6.45) is 1.50. The summed E-state index contributed by atoms with van der Waals surface area (Å²) in [5, 5.41) is 0. The lowest BCUT2D eigenvalue weighted by Crippen LogP contribution is -2.52. The van der Waals surface area contributed by atoms with Crippen LogP contribution in [0.2, 0.25) is 0 Å². The Labute approximate surface area is 179 Å². The predicted molar refractivity (Wildman–Crippen MR) is 115 cm³/mol. The Morgan fingerprint density at radius 3 is 2.20 bits per heavy atom. The van der Waals surface area contributed by atoms with Gasteiger partial charge in [0.1, 0.15) is 11.5 Å². The molecule has 2 heterocycles. The minimum atomic E-state index is 0.0289. The van der Waals surface area contributed by atoms with Gasteiger partial charge in [0.25, 0.3) is 0 Å². The fraction of sp³-hybridized carbons (Fsp3) is 0.636. The van der Waals surface area contributed by atoms with Crippen molar-refractivity contribution in [2.45, 2.75) is 19.4 Å². The molecule has 3 amide bonds. The lowest BCUT2D eigenvalue weighted by Gasteiger charge is -2.39. The van der Waals surface area contributed by atoms with E-state index in [4.69, 9.17) is 9.47 Å². The molecule has 0 atom stereocenters. The summed E-state index contributed by atoms with van der Waals surface area (Å²) in [6.45, 7) is 5.23. The molecule has 166 valence electrons. The molecule has 2 aliphatic heterocycles. The number of methoxy groups -OCH3 is 2. The van der Waals surface area contributed by atoms with Crippen molar-refractivity contribution in [1.29, 1.82) is 0 Å². The maximum Gasteiger partial charge on any atom is 0.319 e. The van der Waals surface area contributed by atoms with E-state index in [1.54, 1.807) is 33.2 Å². The van der Waals surface area contributed by atoms with Crippen LogP contribution < -0.4 is 9.47 Å². The monoisotopic (exact) mass is 418 g/mol. The normalized spacial score (nSPS) is 18.3. The lowest BCUT2D eigenvalue weighted by molar-refractivity contribution is -0.138. The number of ether oxygens (including phenoxy) is 2. The summed E-state index contributed by atoms with van der Waals surface area (Å²) in [5.41, 5.74) is 1.09. The van der Waals surface area contributed by atoms with Crippen molar-refractivity contribution in [3.05, 3.63) is 23.8 Å². The molecular weight excluding hydrogens is 384 g/mol. The van der Waals surface area contributed by atoms with Gasteiger partial charge in [-0.15, -0.1) is 0 Å². The molecule has 0 bridgehead atoms. The van der Waals surface area contributed by atoms with Crippen molar-refractivity contribution in [2.75, 3.05) is 67.6 Å². The molecule has 2 fully saturated rings. The predicted octanol–water partition coefficient (Wildman–Crippen LogP) is 1.74. The van der Waals surface area contributed by atoms with Crippen LogP contribution in [0.4, 0.5) is 4.79 Å². The average molecular weight is 419 g/mol. The Morgan fingerprint density at radius 1 is 0.967 bits per heavy atom. The lowest BCUT2D eigenvalue weighted by atomic mass is 9.95. The molecule has 0 unspecified atom stereocenters. The summed E-state index contributed by atoms with van der Waals surface area (Å²) in [6, 6.07) is 5.87. The van der Waals surface area contributed by atoms with Gasteiger partial charge in [-0.2, -0.15) is 0 Å². The third kappa shape index (κ3) is 5.16. The molecule has 30 heavy (non-hydrogen) atoms. The number of hydrogen-bond donors (Lipinski definition) is 0. The van der Waals surface area contributed by atoms with Crippen LogP contribution in [0.3, 0.4) is 0 Å². The molecule has 0 saturated carbocycles. The number of piperazine rings is 1. The number of nitrogens with zero attached hydrogens (tertiary/aromatic N) is 4. The highest BCUT2D eigenvalue weighted by molar-refractivity contribution is 5.80. The molecule has 0 aliphatic carbocycles. The number of carbonyl (C=O) groups is 2. The Hall–Kier alpha value is -2.48. The fourth-order valence-electron chi connectivity index (χ4n) is 4.23. The first-order valence-electron chi connectivity index (χ1n) is 10.6. The summed E-state index contributed by atoms with van der Waals surface area (Å²) >= 11 is 0. The number of hydrogen-bond acceptors (Lipinski definition) is 5. The number of piperidine rings is 1. The molecule has 0 spiro atoms. The maximum absolute atomic E-state index is 13.0. The van der Waals surface area contributed by atoms with E-state index in [-0.39, 0.29) is 17.9 Å². The number of likely N-dealkylation sites (tertiary alicyclic amines) is 1. The Kier molecular flexibility index (Phi) is 7.42. The van der Waals surface area contributed by atoms with Crippen LogP contribution in [-0.4, -0.2) is 99.1 Å². The standard InChI is InChI=1S/C22H34N4O4/c1-23(2)22(28)26-9-7-17(8-10-26)21(27)25-13-11-24(12-14-25)16-18-15-19(29-3)5-6-20(18)30-4/h5-6,15,17H,7-14,16H2,1-4H3. The van der Waals surface area contributed by atoms with Gasteiger partial charge in [-0.25, -0.2) is 4.79 Å². The second-order valence-electron chi connectivity index (χ2n) is 8.22. The maximum atomic E-state index is 13.0. The number of rotatable bonds is 5. The summed E-state index contributed by atoms with van der Waals surface area (Å²) in [7, 11) is 6.87. The van der Waals surface area contributed by atoms with E-state index in [1.807, 2.05) is 28.0 Å². The molecule has 0 N–H and O–H groups in total. The topological polar surface area (TPSA) is 65.6 Å². The Bertz CT molecular complexity index is 739. The second kappa shape index (κ2) is 10.0. The minimum absolute atomic E-state index is 0.0289. The van der Waals surface area contributed by atoms with Gasteiger partial charge in [-0.1, -0.05) is 0 Å². The van der Waals surface area contributed by atoms with E-state index in [1.165, 1.54) is 0 Å². The fourth-order valence-corrected chi connectivity index (χ4v) is 4.23. The molecule has 8 nitrogen and oxygen atoms in total. The first kappa shape index (κ1) is 22.2. The van der Waals surface area contributed by atoms with Crippen LogP contribution in [0.1, 0.15) is 18.4 Å². The van der Waals surface area contributed by atoms with Crippen molar-refractivity contribution in [1.82, 2.24) is 19.6 Å². The van der Waals surface area contributed by atoms with Gasteiger partial charge in [0.2, 0.25) is 5.91 Å². The van der Waals surface area contributed by atoms with Crippen LogP contribution in [0.15, 0.2) is 18.2 Å². The zero-order valence-corrected chi connectivity index (χ0v) is 18.6. The van der Waals surface area contributed by atoms with Crippen LogP contribution in [-0.2, 0) is 11.3 Å². The number of benzene rings is 1. The summed E-state index contributed by atoms with van der Waals surface area (Å²) in [4.78, 5) is 32.8. The van der Waals surface area contributed by atoms with E-state index < -0.39 is 0 Å². The van der Waals surface area contributed by atoms with Crippen LogP contribution in [0.5, 0.6) is 11.5 Å². The first-order chi connectivity index (χ1) is 14.4. The van der Waals surface area contributed by atoms with Gasteiger partial charge in [0, 0.05) is 71.4 Å². The zero-order valence-electron chi connectivity index (χ0n) is 18.6. The van der Waals surface area contributed by atoms with E-state index in [9.17, 15) is 9.59 Å². The molecule has 0 aromatic heterocycles. The van der Waals surface area contributed by atoms with Gasteiger partial charge >= 0.3 is 6.03 Å². The molecule has 3 rings (SSSR count). The second-order valence-corrected chi connectivity index (χ2v) is 8.22. The van der Waals surface area contributed by atoms with Gasteiger partial charge in [0.15, 0.2) is 0 Å².